The van der Waals surface area contributed by atoms with Crippen molar-refractivity contribution in [2.24, 2.45) is 5.92 Å². The van der Waals surface area contributed by atoms with Crippen LogP contribution in [0.15, 0.2) is 24.3 Å². The first-order chi connectivity index (χ1) is 8.02. The second-order valence-corrected chi connectivity index (χ2v) is 5.51. The molecule has 0 amide bonds. The third kappa shape index (κ3) is 5.10. The molecule has 1 aromatic carbocycles. The van der Waals surface area contributed by atoms with Gasteiger partial charge in [-0.15, -0.1) is 0 Å². The summed E-state index contributed by atoms with van der Waals surface area (Å²) in [7, 11) is 0. The van der Waals surface area contributed by atoms with Crippen molar-refractivity contribution >= 4 is 11.6 Å². The molecule has 1 N–H and O–H groups in total. The van der Waals surface area contributed by atoms with E-state index >= 15 is 0 Å². The van der Waals surface area contributed by atoms with E-state index in [1.807, 2.05) is 12.1 Å². The minimum atomic E-state index is 0.500. The Kier molecular flexibility index (Phi) is 6.01. The first-order valence-corrected chi connectivity index (χ1v) is 6.91. The molecule has 2 heteroatoms. The molecule has 0 saturated heterocycles. The Hall–Kier alpha value is -0.530. The van der Waals surface area contributed by atoms with E-state index < -0.39 is 0 Å². The van der Waals surface area contributed by atoms with Crippen LogP contribution in [0.4, 0.5) is 0 Å². The van der Waals surface area contributed by atoms with Crippen LogP contribution in [0.5, 0.6) is 0 Å². The fraction of sp³-hybridized carbons (Fsp3) is 0.600. The van der Waals surface area contributed by atoms with Crippen molar-refractivity contribution in [2.45, 2.75) is 52.6 Å². The van der Waals surface area contributed by atoms with Gasteiger partial charge in [-0.3, -0.25) is 0 Å². The van der Waals surface area contributed by atoms with E-state index in [1.165, 1.54) is 12.0 Å². The Bertz CT molecular complexity index is 320. The SMILES string of the molecule is CCC(C)C(C)NC(C)Cc1ccc(Cl)cc1. The van der Waals surface area contributed by atoms with E-state index in [4.69, 9.17) is 11.6 Å². The third-order valence-electron chi connectivity index (χ3n) is 3.50. The number of halogens is 1. The van der Waals surface area contributed by atoms with Gasteiger partial charge in [0.15, 0.2) is 0 Å². The van der Waals surface area contributed by atoms with Gasteiger partial charge in [0.25, 0.3) is 0 Å². The summed E-state index contributed by atoms with van der Waals surface area (Å²) in [4.78, 5) is 0. The first kappa shape index (κ1) is 14.5. The Labute approximate surface area is 111 Å². The maximum Gasteiger partial charge on any atom is 0.0406 e. The van der Waals surface area contributed by atoms with E-state index in [0.717, 1.165) is 17.4 Å². The summed E-state index contributed by atoms with van der Waals surface area (Å²) in [5, 5.41) is 4.47. The summed E-state index contributed by atoms with van der Waals surface area (Å²) in [5.41, 5.74) is 1.34. The maximum absolute atomic E-state index is 5.88. The summed E-state index contributed by atoms with van der Waals surface area (Å²) in [6.45, 7) is 9.05. The molecule has 0 aliphatic carbocycles. The highest BCUT2D eigenvalue weighted by molar-refractivity contribution is 6.30. The van der Waals surface area contributed by atoms with E-state index in [-0.39, 0.29) is 0 Å². The molecule has 0 radical (unpaired) electrons. The fourth-order valence-corrected chi connectivity index (χ4v) is 2.13. The molecule has 0 bridgehead atoms. The van der Waals surface area contributed by atoms with E-state index in [9.17, 15) is 0 Å². The summed E-state index contributed by atoms with van der Waals surface area (Å²) in [5.74, 6) is 0.725. The number of hydrogen-bond acceptors (Lipinski definition) is 1. The van der Waals surface area contributed by atoms with Crippen molar-refractivity contribution in [1.29, 1.82) is 0 Å². The zero-order valence-corrected chi connectivity index (χ0v) is 12.1. The van der Waals surface area contributed by atoms with E-state index in [2.05, 4.69) is 45.1 Å². The van der Waals surface area contributed by atoms with Crippen LogP contribution in [0.2, 0.25) is 5.02 Å². The lowest BCUT2D eigenvalue weighted by Gasteiger charge is -2.24. The van der Waals surface area contributed by atoms with Gasteiger partial charge in [0.2, 0.25) is 0 Å². The lowest BCUT2D eigenvalue weighted by molar-refractivity contribution is 0.355. The van der Waals surface area contributed by atoms with Crippen LogP contribution >= 0.6 is 11.6 Å². The zero-order chi connectivity index (χ0) is 12.8. The molecule has 0 fully saturated rings. The van der Waals surface area contributed by atoms with Gasteiger partial charge >= 0.3 is 0 Å². The summed E-state index contributed by atoms with van der Waals surface area (Å²) in [6, 6.07) is 9.20. The Morgan fingerprint density at radius 3 is 2.24 bits per heavy atom. The number of hydrogen-bond donors (Lipinski definition) is 1. The van der Waals surface area contributed by atoms with Crippen molar-refractivity contribution in [2.75, 3.05) is 0 Å². The van der Waals surface area contributed by atoms with Gasteiger partial charge < -0.3 is 5.32 Å². The lowest BCUT2D eigenvalue weighted by Crippen LogP contribution is -2.39. The first-order valence-electron chi connectivity index (χ1n) is 6.53. The standard InChI is InChI=1S/C15H24ClN/c1-5-11(2)13(4)17-12(3)10-14-6-8-15(16)9-7-14/h6-9,11-13,17H,5,10H2,1-4H3. The highest BCUT2D eigenvalue weighted by Gasteiger charge is 2.12. The van der Waals surface area contributed by atoms with Gasteiger partial charge in [0.05, 0.1) is 0 Å². The van der Waals surface area contributed by atoms with Gasteiger partial charge in [0, 0.05) is 17.1 Å². The van der Waals surface area contributed by atoms with Crippen molar-refractivity contribution in [3.63, 3.8) is 0 Å². The van der Waals surface area contributed by atoms with Gasteiger partial charge in [-0.1, -0.05) is 44.0 Å². The average Bonchev–Trinajstić information content (AvgIpc) is 2.30. The second kappa shape index (κ2) is 7.03. The third-order valence-corrected chi connectivity index (χ3v) is 3.75. The molecule has 3 atom stereocenters. The molecular formula is C15H24ClN. The molecule has 1 aromatic rings. The van der Waals surface area contributed by atoms with E-state index in [1.54, 1.807) is 0 Å². The molecule has 1 nitrogen and oxygen atoms in total. The topological polar surface area (TPSA) is 12.0 Å². The zero-order valence-electron chi connectivity index (χ0n) is 11.3. The predicted octanol–water partition coefficient (Wildman–Crippen LogP) is 4.30. The summed E-state index contributed by atoms with van der Waals surface area (Å²) < 4.78 is 0. The molecule has 0 aliphatic rings. The minimum Gasteiger partial charge on any atom is -0.311 e. The molecule has 0 spiro atoms. The minimum absolute atomic E-state index is 0.500. The molecule has 3 unspecified atom stereocenters. The fourth-order valence-electron chi connectivity index (χ4n) is 2.00. The molecule has 0 heterocycles. The lowest BCUT2D eigenvalue weighted by atomic mass is 9.99. The van der Waals surface area contributed by atoms with Crippen LogP contribution in [-0.2, 0) is 6.42 Å². The molecular weight excluding hydrogens is 230 g/mol. The quantitative estimate of drug-likeness (QED) is 0.797. The Morgan fingerprint density at radius 2 is 1.71 bits per heavy atom. The monoisotopic (exact) mass is 253 g/mol. The Morgan fingerprint density at radius 1 is 1.12 bits per heavy atom. The van der Waals surface area contributed by atoms with Gasteiger partial charge in [-0.05, 0) is 43.9 Å². The van der Waals surface area contributed by atoms with Crippen LogP contribution in [0, 0.1) is 5.92 Å². The predicted molar refractivity (Wildman–Crippen MR) is 76.7 cm³/mol. The number of rotatable bonds is 6. The number of benzene rings is 1. The molecule has 17 heavy (non-hydrogen) atoms. The van der Waals surface area contributed by atoms with Gasteiger partial charge in [-0.2, -0.15) is 0 Å². The highest BCUT2D eigenvalue weighted by Crippen LogP contribution is 2.12. The van der Waals surface area contributed by atoms with Crippen LogP contribution in [0.25, 0.3) is 0 Å². The average molecular weight is 254 g/mol. The smallest absolute Gasteiger partial charge is 0.0406 e. The molecule has 1 rings (SSSR count). The van der Waals surface area contributed by atoms with Crippen molar-refractivity contribution in [3.8, 4) is 0 Å². The van der Waals surface area contributed by atoms with Crippen LogP contribution in [0.3, 0.4) is 0 Å². The molecule has 0 aliphatic heterocycles. The van der Waals surface area contributed by atoms with Crippen molar-refractivity contribution in [3.05, 3.63) is 34.9 Å². The van der Waals surface area contributed by atoms with Crippen molar-refractivity contribution in [1.82, 2.24) is 5.32 Å². The maximum atomic E-state index is 5.88. The largest absolute Gasteiger partial charge is 0.311 e. The van der Waals surface area contributed by atoms with Crippen molar-refractivity contribution < 1.29 is 0 Å². The summed E-state index contributed by atoms with van der Waals surface area (Å²) >= 11 is 5.88. The Balaban J connectivity index is 2.44. The molecule has 0 saturated carbocycles. The molecule has 96 valence electrons. The van der Waals surface area contributed by atoms with Gasteiger partial charge in [0.1, 0.15) is 0 Å². The highest BCUT2D eigenvalue weighted by atomic mass is 35.5. The normalized spacial score (nSPS) is 16.5. The van der Waals surface area contributed by atoms with Gasteiger partial charge in [-0.25, -0.2) is 0 Å². The summed E-state index contributed by atoms with van der Waals surface area (Å²) in [6.07, 6.45) is 2.28. The second-order valence-electron chi connectivity index (χ2n) is 5.07. The molecule has 0 aromatic heterocycles. The van der Waals surface area contributed by atoms with Crippen LogP contribution in [-0.4, -0.2) is 12.1 Å². The van der Waals surface area contributed by atoms with Crippen LogP contribution in [0.1, 0.15) is 39.7 Å². The van der Waals surface area contributed by atoms with Crippen LogP contribution < -0.4 is 5.32 Å². The van der Waals surface area contributed by atoms with E-state index in [0.29, 0.717) is 12.1 Å². The number of nitrogens with one attached hydrogen (secondary N) is 1.